The van der Waals surface area contributed by atoms with Crippen LogP contribution < -0.4 is 5.73 Å². The van der Waals surface area contributed by atoms with Gasteiger partial charge in [0.25, 0.3) is 0 Å². The summed E-state index contributed by atoms with van der Waals surface area (Å²) >= 11 is 0. The van der Waals surface area contributed by atoms with E-state index >= 15 is 0 Å². The molecule has 2 aromatic carbocycles. The van der Waals surface area contributed by atoms with Crippen LogP contribution >= 0.6 is 0 Å². The van der Waals surface area contributed by atoms with Crippen molar-refractivity contribution in [3.05, 3.63) is 71.5 Å². The summed E-state index contributed by atoms with van der Waals surface area (Å²) in [5.41, 5.74) is 7.84. The van der Waals surface area contributed by atoms with Gasteiger partial charge in [0.05, 0.1) is 6.04 Å². The third kappa shape index (κ3) is 2.18. The van der Waals surface area contributed by atoms with E-state index in [0.29, 0.717) is 6.54 Å². The maximum atomic E-state index is 12.9. The van der Waals surface area contributed by atoms with Crippen molar-refractivity contribution >= 4 is 5.91 Å². The van der Waals surface area contributed by atoms with Crippen LogP contribution in [0, 0.1) is 5.82 Å². The predicted molar refractivity (Wildman–Crippen MR) is 74.1 cm³/mol. The van der Waals surface area contributed by atoms with Crippen LogP contribution in [0.5, 0.6) is 0 Å². The fourth-order valence-electron chi connectivity index (χ4n) is 2.58. The maximum absolute atomic E-state index is 12.9. The molecular formula is C16H15FN2O. The summed E-state index contributed by atoms with van der Waals surface area (Å²) in [7, 11) is 0. The van der Waals surface area contributed by atoms with Gasteiger partial charge in [0.2, 0.25) is 5.91 Å². The van der Waals surface area contributed by atoms with Crippen LogP contribution in [0.15, 0.2) is 54.6 Å². The lowest BCUT2D eigenvalue weighted by molar-refractivity contribution is -0.150. The molecule has 2 atom stereocenters. The number of amides is 1. The molecule has 1 amide bonds. The Bertz CT molecular complexity index is 612. The molecular weight excluding hydrogens is 255 g/mol. The minimum atomic E-state index is -0.488. The van der Waals surface area contributed by atoms with Crippen molar-refractivity contribution in [2.24, 2.45) is 5.73 Å². The molecule has 1 aliphatic heterocycles. The van der Waals surface area contributed by atoms with Crippen molar-refractivity contribution in [2.45, 2.75) is 18.6 Å². The Balaban J connectivity index is 1.81. The predicted octanol–water partition coefficient (Wildman–Crippen LogP) is 2.24. The lowest BCUT2D eigenvalue weighted by Crippen LogP contribution is -2.62. The second-order valence-corrected chi connectivity index (χ2v) is 4.97. The van der Waals surface area contributed by atoms with Crippen molar-refractivity contribution in [3.63, 3.8) is 0 Å². The number of carbonyl (C=O) groups is 1. The van der Waals surface area contributed by atoms with Crippen LogP contribution in [0.3, 0.4) is 0 Å². The van der Waals surface area contributed by atoms with E-state index in [1.807, 2.05) is 30.3 Å². The fourth-order valence-corrected chi connectivity index (χ4v) is 2.58. The number of nitrogens with two attached hydrogens (primary N) is 1. The lowest BCUT2D eigenvalue weighted by atomic mass is 9.88. The highest BCUT2D eigenvalue weighted by Crippen LogP contribution is 2.34. The third-order valence-electron chi connectivity index (χ3n) is 3.65. The Morgan fingerprint density at radius 3 is 2.35 bits per heavy atom. The molecule has 4 heteroatoms. The van der Waals surface area contributed by atoms with Crippen molar-refractivity contribution in [3.8, 4) is 0 Å². The van der Waals surface area contributed by atoms with Crippen LogP contribution in [0.1, 0.15) is 17.2 Å². The summed E-state index contributed by atoms with van der Waals surface area (Å²) < 4.78 is 12.9. The van der Waals surface area contributed by atoms with Crippen molar-refractivity contribution < 1.29 is 9.18 Å². The van der Waals surface area contributed by atoms with Gasteiger partial charge in [-0.15, -0.1) is 0 Å². The molecule has 0 aromatic heterocycles. The molecule has 2 aromatic rings. The van der Waals surface area contributed by atoms with Crippen LogP contribution in [-0.4, -0.2) is 16.8 Å². The highest BCUT2D eigenvalue weighted by atomic mass is 19.1. The smallest absolute Gasteiger partial charge is 0.242 e. The van der Waals surface area contributed by atoms with Crippen molar-refractivity contribution in [1.29, 1.82) is 0 Å². The summed E-state index contributed by atoms with van der Waals surface area (Å²) in [6.07, 6.45) is 0. The number of hydrogen-bond acceptors (Lipinski definition) is 2. The molecule has 1 fully saturated rings. The normalized spacial score (nSPS) is 21.7. The molecule has 1 aliphatic rings. The first-order valence-corrected chi connectivity index (χ1v) is 6.52. The summed E-state index contributed by atoms with van der Waals surface area (Å²) in [4.78, 5) is 13.7. The van der Waals surface area contributed by atoms with Crippen LogP contribution in [0.2, 0.25) is 0 Å². The van der Waals surface area contributed by atoms with E-state index in [9.17, 15) is 9.18 Å². The number of likely N-dealkylation sites (tertiary alicyclic amines) is 1. The highest BCUT2D eigenvalue weighted by molar-refractivity contribution is 5.89. The molecule has 102 valence electrons. The Morgan fingerprint density at radius 1 is 1.05 bits per heavy atom. The lowest BCUT2D eigenvalue weighted by Gasteiger charge is -2.45. The molecule has 0 radical (unpaired) electrons. The Labute approximate surface area is 116 Å². The summed E-state index contributed by atoms with van der Waals surface area (Å²) in [6.45, 7) is 0.451. The first-order valence-electron chi connectivity index (χ1n) is 6.52. The highest BCUT2D eigenvalue weighted by Gasteiger charge is 2.45. The number of halogens is 1. The molecule has 20 heavy (non-hydrogen) atoms. The molecule has 1 saturated heterocycles. The molecule has 0 unspecified atom stereocenters. The number of nitrogens with zero attached hydrogens (tertiary/aromatic N) is 1. The number of carbonyl (C=O) groups excluding carboxylic acids is 1. The zero-order valence-electron chi connectivity index (χ0n) is 10.9. The Hall–Kier alpha value is -2.20. The van der Waals surface area contributed by atoms with Gasteiger partial charge < -0.3 is 10.6 Å². The van der Waals surface area contributed by atoms with E-state index in [1.165, 1.54) is 12.1 Å². The van der Waals surface area contributed by atoms with E-state index in [0.717, 1.165) is 11.1 Å². The molecule has 0 spiro atoms. The van der Waals surface area contributed by atoms with Crippen molar-refractivity contribution in [1.82, 2.24) is 4.90 Å². The Kier molecular flexibility index (Phi) is 3.24. The van der Waals surface area contributed by atoms with Gasteiger partial charge in [0.15, 0.2) is 0 Å². The van der Waals surface area contributed by atoms with E-state index < -0.39 is 6.04 Å². The van der Waals surface area contributed by atoms with E-state index in [2.05, 4.69) is 0 Å². The summed E-state index contributed by atoms with van der Waals surface area (Å²) in [6, 6.07) is 15.3. The average molecular weight is 270 g/mol. The molecule has 2 N–H and O–H groups in total. The van der Waals surface area contributed by atoms with Gasteiger partial charge in [-0.3, -0.25) is 4.79 Å². The van der Waals surface area contributed by atoms with Crippen LogP contribution in [-0.2, 0) is 11.3 Å². The molecule has 3 rings (SSSR count). The number of hydrogen-bond donors (Lipinski definition) is 1. The fraction of sp³-hybridized carbons (Fsp3) is 0.188. The van der Waals surface area contributed by atoms with Crippen LogP contribution in [0.4, 0.5) is 4.39 Å². The topological polar surface area (TPSA) is 46.3 Å². The zero-order valence-corrected chi connectivity index (χ0v) is 10.9. The van der Waals surface area contributed by atoms with Gasteiger partial charge in [0, 0.05) is 6.54 Å². The first-order chi connectivity index (χ1) is 9.66. The summed E-state index contributed by atoms with van der Waals surface area (Å²) in [5.74, 6) is -0.344. The number of β-lactam (4-membered cyclic amide) rings is 1. The quantitative estimate of drug-likeness (QED) is 0.869. The number of benzene rings is 2. The van der Waals surface area contributed by atoms with Gasteiger partial charge in [-0.25, -0.2) is 4.39 Å². The third-order valence-corrected chi connectivity index (χ3v) is 3.65. The van der Waals surface area contributed by atoms with Gasteiger partial charge in [-0.2, -0.15) is 0 Å². The van der Waals surface area contributed by atoms with Gasteiger partial charge >= 0.3 is 0 Å². The van der Waals surface area contributed by atoms with Gasteiger partial charge in [-0.05, 0) is 23.3 Å². The van der Waals surface area contributed by atoms with Gasteiger partial charge in [0.1, 0.15) is 11.9 Å². The molecule has 0 bridgehead atoms. The standard InChI is InChI=1S/C16H15FN2O/c17-13-8-6-11(7-9-13)10-19-15(14(18)16(19)20)12-4-2-1-3-5-12/h1-9,14-15H,10,18H2/t14-,15+/m0/s1. The first kappa shape index (κ1) is 12.8. The average Bonchev–Trinajstić information content (AvgIpc) is 2.49. The summed E-state index contributed by atoms with van der Waals surface area (Å²) in [5, 5.41) is 0. The van der Waals surface area contributed by atoms with Crippen LogP contribution in [0.25, 0.3) is 0 Å². The largest absolute Gasteiger partial charge is 0.328 e. The zero-order chi connectivity index (χ0) is 14.1. The minimum Gasteiger partial charge on any atom is -0.328 e. The van der Waals surface area contributed by atoms with Gasteiger partial charge in [-0.1, -0.05) is 42.5 Å². The molecule has 1 heterocycles. The van der Waals surface area contributed by atoms with Crippen molar-refractivity contribution in [2.75, 3.05) is 0 Å². The Morgan fingerprint density at radius 2 is 1.70 bits per heavy atom. The van der Waals surface area contributed by atoms with E-state index in [-0.39, 0.29) is 17.8 Å². The van der Waals surface area contributed by atoms with E-state index in [4.69, 9.17) is 5.73 Å². The second kappa shape index (κ2) is 5.06. The molecule has 0 aliphatic carbocycles. The van der Waals surface area contributed by atoms with E-state index in [1.54, 1.807) is 17.0 Å². The maximum Gasteiger partial charge on any atom is 0.242 e. The molecule has 3 nitrogen and oxygen atoms in total. The monoisotopic (exact) mass is 270 g/mol. The second-order valence-electron chi connectivity index (χ2n) is 4.97. The SMILES string of the molecule is N[C@@H]1C(=O)N(Cc2ccc(F)cc2)[C@@H]1c1ccccc1. The number of rotatable bonds is 3. The minimum absolute atomic E-state index is 0.0665. The molecule has 0 saturated carbocycles.